The van der Waals surface area contributed by atoms with E-state index in [2.05, 4.69) is 9.55 Å². The van der Waals surface area contributed by atoms with Crippen LogP contribution >= 0.6 is 12.4 Å². The Kier molecular flexibility index (Phi) is 3.42. The number of amides is 1. The maximum absolute atomic E-state index is 12.8. The lowest BCUT2D eigenvalue weighted by Gasteiger charge is -2.27. The second-order valence-corrected chi connectivity index (χ2v) is 5.87. The molecule has 1 amide bonds. The zero-order valence-corrected chi connectivity index (χ0v) is 12.6. The fourth-order valence-corrected chi connectivity index (χ4v) is 3.47. The van der Waals surface area contributed by atoms with Crippen molar-refractivity contribution in [2.75, 3.05) is 11.4 Å². The smallest absolute Gasteiger partial charge is 0.249 e. The molecule has 0 atom stereocenters. The minimum absolute atomic E-state index is 0. The summed E-state index contributed by atoms with van der Waals surface area (Å²) >= 11 is 0. The molecule has 2 N–H and O–H groups in total. The van der Waals surface area contributed by atoms with Crippen molar-refractivity contribution in [2.24, 2.45) is 5.73 Å². The molecule has 1 fully saturated rings. The van der Waals surface area contributed by atoms with Crippen molar-refractivity contribution in [3.8, 4) is 0 Å². The van der Waals surface area contributed by atoms with Gasteiger partial charge in [-0.15, -0.1) is 12.4 Å². The molecule has 1 saturated carbocycles. The van der Waals surface area contributed by atoms with E-state index < -0.39 is 5.54 Å². The zero-order valence-electron chi connectivity index (χ0n) is 11.8. The molecule has 1 aromatic carbocycles. The van der Waals surface area contributed by atoms with E-state index in [0.29, 0.717) is 6.54 Å². The SMILES string of the molecule is Cl.NC1(C(=O)N2CCn3c2nc2ccccc23)CCCC1. The summed E-state index contributed by atoms with van der Waals surface area (Å²) in [5.41, 5.74) is 7.67. The van der Waals surface area contributed by atoms with Crippen LogP contribution in [-0.4, -0.2) is 27.5 Å². The van der Waals surface area contributed by atoms with Crippen LogP contribution in [0.15, 0.2) is 24.3 Å². The van der Waals surface area contributed by atoms with Crippen LogP contribution in [0.1, 0.15) is 25.7 Å². The van der Waals surface area contributed by atoms with Gasteiger partial charge in [-0.05, 0) is 25.0 Å². The second-order valence-electron chi connectivity index (χ2n) is 5.87. The van der Waals surface area contributed by atoms with Gasteiger partial charge in [0.1, 0.15) is 0 Å². The summed E-state index contributed by atoms with van der Waals surface area (Å²) in [6.45, 7) is 1.49. The van der Waals surface area contributed by atoms with E-state index in [1.165, 1.54) is 0 Å². The van der Waals surface area contributed by atoms with Crippen LogP contribution in [0, 0.1) is 0 Å². The second kappa shape index (κ2) is 5.00. The number of carbonyl (C=O) groups excluding carboxylic acids is 1. The molecule has 21 heavy (non-hydrogen) atoms. The molecule has 1 aromatic heterocycles. The van der Waals surface area contributed by atoms with Crippen molar-refractivity contribution >= 4 is 35.3 Å². The van der Waals surface area contributed by atoms with E-state index in [9.17, 15) is 4.79 Å². The van der Waals surface area contributed by atoms with Crippen LogP contribution in [-0.2, 0) is 11.3 Å². The monoisotopic (exact) mass is 306 g/mol. The molecular weight excluding hydrogens is 288 g/mol. The quantitative estimate of drug-likeness (QED) is 0.877. The molecule has 0 saturated heterocycles. The topological polar surface area (TPSA) is 64.2 Å². The number of halogens is 1. The summed E-state index contributed by atoms with van der Waals surface area (Å²) in [6, 6.07) is 8.01. The first kappa shape index (κ1) is 14.4. The lowest BCUT2D eigenvalue weighted by molar-refractivity contribution is -0.123. The van der Waals surface area contributed by atoms with Crippen LogP contribution in [0.5, 0.6) is 0 Å². The summed E-state index contributed by atoms with van der Waals surface area (Å²) in [6.07, 6.45) is 3.68. The summed E-state index contributed by atoms with van der Waals surface area (Å²) in [5.74, 6) is 0.803. The van der Waals surface area contributed by atoms with E-state index in [4.69, 9.17) is 5.73 Å². The number of benzene rings is 1. The van der Waals surface area contributed by atoms with E-state index in [1.807, 2.05) is 24.3 Å². The Labute approximate surface area is 129 Å². The summed E-state index contributed by atoms with van der Waals surface area (Å²) in [7, 11) is 0. The number of hydrogen-bond acceptors (Lipinski definition) is 3. The fraction of sp³-hybridized carbons (Fsp3) is 0.467. The van der Waals surface area contributed by atoms with Gasteiger partial charge in [-0.25, -0.2) is 4.98 Å². The minimum atomic E-state index is -0.673. The number of aromatic nitrogens is 2. The first-order chi connectivity index (χ1) is 9.69. The van der Waals surface area contributed by atoms with Gasteiger partial charge in [-0.1, -0.05) is 25.0 Å². The van der Waals surface area contributed by atoms with E-state index in [0.717, 1.165) is 49.2 Å². The molecule has 0 unspecified atom stereocenters. The molecule has 0 spiro atoms. The summed E-state index contributed by atoms with van der Waals surface area (Å²) < 4.78 is 2.12. The first-order valence-electron chi connectivity index (χ1n) is 7.25. The number of fused-ring (bicyclic) bond motifs is 3. The number of anilines is 1. The fourth-order valence-electron chi connectivity index (χ4n) is 3.47. The lowest BCUT2D eigenvalue weighted by Crippen LogP contribution is -2.53. The van der Waals surface area contributed by atoms with Gasteiger partial charge in [-0.2, -0.15) is 0 Å². The van der Waals surface area contributed by atoms with Gasteiger partial charge >= 0.3 is 0 Å². The maximum atomic E-state index is 12.8. The molecule has 1 aliphatic carbocycles. The van der Waals surface area contributed by atoms with Gasteiger partial charge in [-0.3, -0.25) is 9.69 Å². The maximum Gasteiger partial charge on any atom is 0.249 e. The molecule has 1 aliphatic heterocycles. The van der Waals surface area contributed by atoms with Crippen LogP contribution in [0.4, 0.5) is 5.95 Å². The number of hydrogen-bond donors (Lipinski definition) is 1. The van der Waals surface area contributed by atoms with Crippen LogP contribution in [0.25, 0.3) is 11.0 Å². The Balaban J connectivity index is 0.00000132. The number of nitrogens with zero attached hydrogens (tertiary/aromatic N) is 3. The predicted octanol–water partition coefficient (Wildman–Crippen LogP) is 2.08. The van der Waals surface area contributed by atoms with E-state index in [-0.39, 0.29) is 18.3 Å². The third-order valence-electron chi connectivity index (χ3n) is 4.59. The van der Waals surface area contributed by atoms with E-state index >= 15 is 0 Å². The van der Waals surface area contributed by atoms with E-state index in [1.54, 1.807) is 4.90 Å². The van der Waals surface area contributed by atoms with Gasteiger partial charge in [0.15, 0.2) is 0 Å². The Hall–Kier alpha value is -1.59. The Bertz CT molecular complexity index is 690. The van der Waals surface area contributed by atoms with Crippen molar-refractivity contribution in [3.63, 3.8) is 0 Å². The molecule has 2 heterocycles. The third-order valence-corrected chi connectivity index (χ3v) is 4.59. The Morgan fingerprint density at radius 2 is 1.90 bits per heavy atom. The lowest BCUT2D eigenvalue weighted by atomic mass is 9.97. The normalized spacial score (nSPS) is 19.6. The molecule has 2 aliphatic rings. The Morgan fingerprint density at radius 1 is 1.19 bits per heavy atom. The number of imidazole rings is 1. The van der Waals surface area contributed by atoms with Crippen molar-refractivity contribution in [2.45, 2.75) is 37.8 Å². The highest BCUT2D eigenvalue weighted by atomic mass is 35.5. The van der Waals surface area contributed by atoms with Crippen LogP contribution in [0.3, 0.4) is 0 Å². The molecule has 5 nitrogen and oxygen atoms in total. The number of rotatable bonds is 1. The molecule has 4 rings (SSSR count). The van der Waals surface area contributed by atoms with Gasteiger partial charge in [0.2, 0.25) is 11.9 Å². The molecular formula is C15H19ClN4O. The van der Waals surface area contributed by atoms with Crippen LogP contribution in [0.2, 0.25) is 0 Å². The van der Waals surface area contributed by atoms with Crippen molar-refractivity contribution < 1.29 is 4.79 Å². The number of para-hydroxylation sites is 2. The third kappa shape index (κ3) is 2.03. The molecule has 112 valence electrons. The molecule has 0 bridgehead atoms. The van der Waals surface area contributed by atoms with Gasteiger partial charge in [0, 0.05) is 13.1 Å². The molecule has 6 heteroatoms. The van der Waals surface area contributed by atoms with Gasteiger partial charge in [0.05, 0.1) is 16.6 Å². The standard InChI is InChI=1S/C15H18N4O.ClH/c16-15(7-3-4-8-15)13(20)19-10-9-18-12-6-2-1-5-11(12)17-14(18)19;/h1-2,5-6H,3-4,7-10,16H2;1H. The highest BCUT2D eigenvalue weighted by Crippen LogP contribution is 2.33. The minimum Gasteiger partial charge on any atom is -0.317 e. The van der Waals surface area contributed by atoms with Crippen LogP contribution < -0.4 is 10.6 Å². The van der Waals surface area contributed by atoms with Crippen molar-refractivity contribution in [3.05, 3.63) is 24.3 Å². The average molecular weight is 307 g/mol. The van der Waals surface area contributed by atoms with Crippen molar-refractivity contribution in [1.82, 2.24) is 9.55 Å². The summed E-state index contributed by atoms with van der Waals surface area (Å²) in [4.78, 5) is 19.2. The predicted molar refractivity (Wildman–Crippen MR) is 84.7 cm³/mol. The van der Waals surface area contributed by atoms with Crippen molar-refractivity contribution in [1.29, 1.82) is 0 Å². The highest BCUT2D eigenvalue weighted by Gasteiger charge is 2.42. The first-order valence-corrected chi connectivity index (χ1v) is 7.25. The number of carbonyl (C=O) groups is 1. The largest absolute Gasteiger partial charge is 0.317 e. The molecule has 2 aromatic rings. The van der Waals surface area contributed by atoms with Gasteiger partial charge in [0.25, 0.3) is 0 Å². The highest BCUT2D eigenvalue weighted by molar-refractivity contribution is 6.01. The Morgan fingerprint density at radius 3 is 2.67 bits per heavy atom. The summed E-state index contributed by atoms with van der Waals surface area (Å²) in [5, 5.41) is 0. The van der Waals surface area contributed by atoms with Gasteiger partial charge < -0.3 is 10.3 Å². The molecule has 0 radical (unpaired) electrons. The zero-order chi connectivity index (χ0) is 13.7. The average Bonchev–Trinajstić information content (AvgIpc) is 3.13. The number of nitrogens with two attached hydrogens (primary N) is 1.